The third-order valence-electron chi connectivity index (χ3n) is 7.02. The number of nitrogens with one attached hydrogen (secondary N) is 1. The normalized spacial score (nSPS) is 17.2. The molecule has 7 heteroatoms. The van der Waals surface area contributed by atoms with Crippen LogP contribution in [0.25, 0.3) is 11.1 Å². The van der Waals surface area contributed by atoms with Crippen LogP contribution in [0.15, 0.2) is 78.9 Å². The molecule has 2 N–H and O–H groups in total. The van der Waals surface area contributed by atoms with Crippen LogP contribution < -0.4 is 5.32 Å². The Balaban J connectivity index is 1.24. The van der Waals surface area contributed by atoms with E-state index >= 15 is 0 Å². The Morgan fingerprint density at radius 1 is 0.917 bits per heavy atom. The molecule has 0 aromatic heterocycles. The molecule has 3 aromatic rings. The Bertz CT molecular complexity index is 1230. The second-order valence-electron chi connectivity index (χ2n) is 9.24. The molecule has 2 amide bonds. The van der Waals surface area contributed by atoms with Crippen molar-refractivity contribution in [2.75, 3.05) is 13.2 Å². The summed E-state index contributed by atoms with van der Waals surface area (Å²) in [4.78, 5) is 39.3. The summed E-state index contributed by atoms with van der Waals surface area (Å²) in [5.74, 6) is -1.65. The largest absolute Gasteiger partial charge is 0.480 e. The van der Waals surface area contributed by atoms with Crippen molar-refractivity contribution in [3.63, 3.8) is 0 Å². The lowest BCUT2D eigenvalue weighted by atomic mass is 9.98. The number of carboxylic acid groups (broad SMARTS) is 1. The molecule has 0 unspecified atom stereocenters. The van der Waals surface area contributed by atoms with E-state index in [1.165, 1.54) is 4.90 Å². The Kier molecular flexibility index (Phi) is 6.71. The number of benzene rings is 3. The van der Waals surface area contributed by atoms with Crippen molar-refractivity contribution in [1.82, 2.24) is 10.2 Å². The summed E-state index contributed by atoms with van der Waals surface area (Å²) in [5, 5.41) is 12.3. The number of hydrogen-bond acceptors (Lipinski definition) is 4. The number of carbonyl (C=O) groups is 3. The highest BCUT2D eigenvalue weighted by atomic mass is 16.6. The second-order valence-corrected chi connectivity index (χ2v) is 9.24. The summed E-state index contributed by atoms with van der Waals surface area (Å²) in [6.07, 6.45) is 0.732. The van der Waals surface area contributed by atoms with E-state index in [2.05, 4.69) is 29.6 Å². The third-order valence-corrected chi connectivity index (χ3v) is 7.02. The first-order valence-electron chi connectivity index (χ1n) is 12.2. The summed E-state index contributed by atoms with van der Waals surface area (Å²) in [6, 6.07) is 23.5. The fourth-order valence-electron chi connectivity index (χ4n) is 5.25. The zero-order chi connectivity index (χ0) is 25.1. The van der Waals surface area contributed by atoms with Gasteiger partial charge in [-0.05, 0) is 40.7 Å². The number of amides is 2. The van der Waals surface area contributed by atoms with Gasteiger partial charge < -0.3 is 15.2 Å². The highest BCUT2D eigenvalue weighted by Crippen LogP contribution is 2.44. The smallest absolute Gasteiger partial charge is 0.410 e. The summed E-state index contributed by atoms with van der Waals surface area (Å²) >= 11 is 0. The number of rotatable bonds is 7. The number of hydrogen-bond donors (Lipinski definition) is 2. The van der Waals surface area contributed by atoms with E-state index in [-0.39, 0.29) is 18.9 Å². The Hall–Kier alpha value is -4.13. The number of nitrogens with zero attached hydrogens (tertiary/aromatic N) is 1. The van der Waals surface area contributed by atoms with Gasteiger partial charge in [0.1, 0.15) is 18.7 Å². The van der Waals surface area contributed by atoms with Gasteiger partial charge in [0, 0.05) is 18.9 Å². The van der Waals surface area contributed by atoms with Crippen LogP contribution in [0.3, 0.4) is 0 Å². The van der Waals surface area contributed by atoms with Gasteiger partial charge in [-0.25, -0.2) is 9.59 Å². The Labute approximate surface area is 209 Å². The molecule has 1 saturated heterocycles. The van der Waals surface area contributed by atoms with E-state index in [4.69, 9.17) is 4.74 Å². The van der Waals surface area contributed by atoms with Crippen molar-refractivity contribution in [3.8, 4) is 11.1 Å². The molecule has 0 bridgehead atoms. The van der Waals surface area contributed by atoms with Crippen LogP contribution in [0.5, 0.6) is 0 Å². The lowest BCUT2D eigenvalue weighted by molar-refractivity contribution is -0.142. The molecule has 7 nitrogen and oxygen atoms in total. The van der Waals surface area contributed by atoms with Crippen molar-refractivity contribution in [1.29, 1.82) is 0 Å². The molecule has 0 spiro atoms. The summed E-state index contributed by atoms with van der Waals surface area (Å²) in [6.45, 7) is 0.564. The Morgan fingerprint density at radius 3 is 2.17 bits per heavy atom. The van der Waals surface area contributed by atoms with E-state index in [0.717, 1.165) is 27.8 Å². The molecule has 2 aliphatic rings. The molecular weight excluding hydrogens is 456 g/mol. The van der Waals surface area contributed by atoms with Crippen LogP contribution in [0.4, 0.5) is 4.79 Å². The van der Waals surface area contributed by atoms with Gasteiger partial charge in [-0.15, -0.1) is 0 Å². The van der Waals surface area contributed by atoms with E-state index < -0.39 is 30.1 Å². The highest BCUT2D eigenvalue weighted by molar-refractivity contribution is 5.90. The fourth-order valence-corrected chi connectivity index (χ4v) is 5.25. The summed E-state index contributed by atoms with van der Waals surface area (Å²) in [5.41, 5.74) is 5.33. The molecule has 0 radical (unpaired) electrons. The van der Waals surface area contributed by atoms with Gasteiger partial charge in [-0.1, -0.05) is 78.9 Å². The number of carbonyl (C=O) groups excluding carboxylic acids is 2. The minimum absolute atomic E-state index is 0.0708. The van der Waals surface area contributed by atoms with Crippen molar-refractivity contribution in [2.24, 2.45) is 0 Å². The van der Waals surface area contributed by atoms with Crippen molar-refractivity contribution < 1.29 is 24.2 Å². The van der Waals surface area contributed by atoms with Crippen LogP contribution in [0.2, 0.25) is 0 Å². The van der Waals surface area contributed by atoms with Crippen molar-refractivity contribution in [2.45, 2.75) is 37.3 Å². The fraction of sp³-hybridized carbons (Fsp3) is 0.276. The molecule has 1 heterocycles. The first-order chi connectivity index (χ1) is 17.5. The first kappa shape index (κ1) is 23.6. The maximum absolute atomic E-state index is 13.1. The van der Waals surface area contributed by atoms with Crippen molar-refractivity contribution >= 4 is 18.0 Å². The van der Waals surface area contributed by atoms with E-state index in [1.807, 2.05) is 54.6 Å². The second kappa shape index (κ2) is 10.2. The third kappa shape index (κ3) is 4.69. The Morgan fingerprint density at radius 2 is 1.53 bits per heavy atom. The average Bonchev–Trinajstić information content (AvgIpc) is 3.51. The summed E-state index contributed by atoms with van der Waals surface area (Å²) in [7, 11) is 0. The molecule has 1 fully saturated rings. The average molecular weight is 485 g/mol. The number of aliphatic carboxylic acids is 1. The number of likely N-dealkylation sites (tertiary alicyclic amines) is 1. The maximum atomic E-state index is 13.1. The number of ether oxygens (including phenoxy) is 1. The minimum Gasteiger partial charge on any atom is -0.480 e. The molecule has 36 heavy (non-hydrogen) atoms. The monoisotopic (exact) mass is 484 g/mol. The molecular formula is C29H28N2O5. The van der Waals surface area contributed by atoms with Crippen LogP contribution in [-0.4, -0.2) is 53.2 Å². The van der Waals surface area contributed by atoms with Gasteiger partial charge in [0.15, 0.2) is 0 Å². The van der Waals surface area contributed by atoms with Gasteiger partial charge in [0.25, 0.3) is 0 Å². The molecule has 184 valence electrons. The SMILES string of the molecule is O=C(O)[C@@H](Cc1ccccc1)NC(=O)[C@@H]1CCCN1C(=O)OCC1c2ccccc2-c2ccccc21. The van der Waals surface area contributed by atoms with Gasteiger partial charge >= 0.3 is 12.1 Å². The molecule has 1 aliphatic heterocycles. The zero-order valence-electron chi connectivity index (χ0n) is 19.8. The quantitative estimate of drug-likeness (QED) is 0.524. The van der Waals surface area contributed by atoms with Crippen LogP contribution in [0.1, 0.15) is 35.4 Å². The van der Waals surface area contributed by atoms with Crippen LogP contribution in [0, 0.1) is 0 Å². The number of fused-ring (bicyclic) bond motifs is 3. The molecule has 1 aliphatic carbocycles. The van der Waals surface area contributed by atoms with Crippen molar-refractivity contribution in [3.05, 3.63) is 95.6 Å². The summed E-state index contributed by atoms with van der Waals surface area (Å²) < 4.78 is 5.74. The van der Waals surface area contributed by atoms with Gasteiger partial charge in [-0.2, -0.15) is 0 Å². The topological polar surface area (TPSA) is 95.9 Å². The molecule has 5 rings (SSSR count). The van der Waals surface area contributed by atoms with E-state index in [1.54, 1.807) is 0 Å². The molecule has 2 atom stereocenters. The molecule has 0 saturated carbocycles. The predicted molar refractivity (Wildman–Crippen MR) is 135 cm³/mol. The van der Waals surface area contributed by atoms with E-state index in [0.29, 0.717) is 19.4 Å². The van der Waals surface area contributed by atoms with Crippen LogP contribution >= 0.6 is 0 Å². The van der Waals surface area contributed by atoms with Crippen LogP contribution in [-0.2, 0) is 20.7 Å². The van der Waals surface area contributed by atoms with E-state index in [9.17, 15) is 19.5 Å². The predicted octanol–water partition coefficient (Wildman–Crippen LogP) is 4.21. The lowest BCUT2D eigenvalue weighted by Crippen LogP contribution is -2.51. The molecule has 3 aromatic carbocycles. The minimum atomic E-state index is -1.11. The number of carboxylic acids is 1. The van der Waals surface area contributed by atoms with Gasteiger partial charge in [0.05, 0.1) is 0 Å². The van der Waals surface area contributed by atoms with Gasteiger partial charge in [-0.3, -0.25) is 9.69 Å². The zero-order valence-corrected chi connectivity index (χ0v) is 19.8. The first-order valence-corrected chi connectivity index (χ1v) is 12.2. The highest BCUT2D eigenvalue weighted by Gasteiger charge is 2.38. The maximum Gasteiger partial charge on any atom is 0.410 e. The standard InChI is InChI=1S/C29H28N2O5/c32-27(30-25(28(33)34)17-19-9-2-1-3-10-19)26-15-8-16-31(26)29(35)36-18-24-22-13-6-4-11-20(22)21-12-5-7-14-23(21)24/h1-7,9-14,24-26H,8,15-18H2,(H,30,32)(H,33,34)/t25-,26+/m1/s1. The lowest BCUT2D eigenvalue weighted by Gasteiger charge is -2.26. The van der Waals surface area contributed by atoms with Gasteiger partial charge in [0.2, 0.25) is 5.91 Å².